The molecular weight excluding hydrogens is 276 g/mol. The standard InChI is InChI=1S/C18H24N2S/c1-14-6-5-7-15(10-14)13-21-17-9-8-16(11-19-17)12-20-18(2,3)4/h5-11,20H,12-13H2,1-4H3. The molecule has 2 rings (SSSR count). The normalized spacial score (nSPS) is 11.6. The Hall–Kier alpha value is -1.32. The van der Waals surface area contributed by atoms with Gasteiger partial charge in [-0.05, 0) is 44.9 Å². The molecule has 2 aromatic rings. The van der Waals surface area contributed by atoms with Crippen LogP contribution in [0, 0.1) is 6.92 Å². The summed E-state index contributed by atoms with van der Waals surface area (Å²) in [5.41, 5.74) is 4.02. The second kappa shape index (κ2) is 7.10. The maximum absolute atomic E-state index is 4.54. The van der Waals surface area contributed by atoms with Gasteiger partial charge in [0, 0.05) is 24.0 Å². The van der Waals surface area contributed by atoms with Crippen LogP contribution in [0.1, 0.15) is 37.5 Å². The number of benzene rings is 1. The van der Waals surface area contributed by atoms with E-state index in [2.05, 4.69) is 74.4 Å². The van der Waals surface area contributed by atoms with E-state index in [1.54, 1.807) is 11.8 Å². The van der Waals surface area contributed by atoms with Crippen LogP contribution < -0.4 is 5.32 Å². The topological polar surface area (TPSA) is 24.9 Å². The van der Waals surface area contributed by atoms with E-state index < -0.39 is 0 Å². The minimum absolute atomic E-state index is 0.137. The first-order valence-electron chi connectivity index (χ1n) is 7.31. The number of hydrogen-bond acceptors (Lipinski definition) is 3. The number of nitrogens with zero attached hydrogens (tertiary/aromatic N) is 1. The maximum Gasteiger partial charge on any atom is 0.0963 e. The molecular formula is C18H24N2S. The number of aromatic nitrogens is 1. The summed E-state index contributed by atoms with van der Waals surface area (Å²) in [7, 11) is 0. The number of aryl methyl sites for hydroxylation is 1. The summed E-state index contributed by atoms with van der Waals surface area (Å²) < 4.78 is 0. The Labute approximate surface area is 132 Å². The third-order valence-corrected chi connectivity index (χ3v) is 4.10. The van der Waals surface area contributed by atoms with Gasteiger partial charge in [-0.15, -0.1) is 11.8 Å². The zero-order valence-electron chi connectivity index (χ0n) is 13.3. The number of thioether (sulfide) groups is 1. The van der Waals surface area contributed by atoms with Crippen molar-refractivity contribution in [1.29, 1.82) is 0 Å². The molecule has 0 atom stereocenters. The van der Waals surface area contributed by atoms with Crippen LogP contribution in [0.15, 0.2) is 47.6 Å². The van der Waals surface area contributed by atoms with E-state index in [1.165, 1.54) is 16.7 Å². The highest BCUT2D eigenvalue weighted by Gasteiger charge is 2.08. The lowest BCUT2D eigenvalue weighted by Gasteiger charge is -2.20. The smallest absolute Gasteiger partial charge is 0.0963 e. The molecule has 1 heterocycles. The summed E-state index contributed by atoms with van der Waals surface area (Å²) in [5.74, 6) is 0.967. The molecule has 112 valence electrons. The Morgan fingerprint density at radius 2 is 1.90 bits per heavy atom. The summed E-state index contributed by atoms with van der Waals surface area (Å²) >= 11 is 1.78. The van der Waals surface area contributed by atoms with Crippen LogP contribution in [-0.2, 0) is 12.3 Å². The third kappa shape index (κ3) is 5.90. The Kier molecular flexibility index (Phi) is 5.43. The first-order chi connectivity index (χ1) is 9.92. The molecule has 0 saturated carbocycles. The molecule has 21 heavy (non-hydrogen) atoms. The molecule has 0 fully saturated rings. The Morgan fingerprint density at radius 1 is 1.10 bits per heavy atom. The summed E-state index contributed by atoms with van der Waals surface area (Å²) in [6.45, 7) is 9.51. The van der Waals surface area contributed by atoms with E-state index in [0.29, 0.717) is 0 Å². The van der Waals surface area contributed by atoms with Crippen LogP contribution in [-0.4, -0.2) is 10.5 Å². The van der Waals surface area contributed by atoms with Crippen molar-refractivity contribution in [2.75, 3.05) is 0 Å². The van der Waals surface area contributed by atoms with Crippen molar-refractivity contribution in [3.05, 3.63) is 59.3 Å². The second-order valence-electron chi connectivity index (χ2n) is 6.39. The molecule has 0 aliphatic heterocycles. The summed E-state index contributed by atoms with van der Waals surface area (Å²) in [4.78, 5) is 4.54. The van der Waals surface area contributed by atoms with Crippen LogP contribution in [0.2, 0.25) is 0 Å². The first-order valence-corrected chi connectivity index (χ1v) is 8.29. The van der Waals surface area contributed by atoms with Crippen LogP contribution in [0.25, 0.3) is 0 Å². The van der Waals surface area contributed by atoms with Gasteiger partial charge >= 0.3 is 0 Å². The molecule has 0 bridgehead atoms. The average Bonchev–Trinajstić information content (AvgIpc) is 2.43. The van der Waals surface area contributed by atoms with Gasteiger partial charge in [0.1, 0.15) is 0 Å². The maximum atomic E-state index is 4.54. The third-order valence-electron chi connectivity index (χ3n) is 3.09. The van der Waals surface area contributed by atoms with Crippen LogP contribution in [0.3, 0.4) is 0 Å². The van der Waals surface area contributed by atoms with Crippen LogP contribution in [0.4, 0.5) is 0 Å². The van der Waals surface area contributed by atoms with Crippen molar-refractivity contribution >= 4 is 11.8 Å². The van der Waals surface area contributed by atoms with E-state index in [0.717, 1.165) is 17.3 Å². The van der Waals surface area contributed by atoms with Gasteiger partial charge in [-0.1, -0.05) is 35.9 Å². The largest absolute Gasteiger partial charge is 0.308 e. The monoisotopic (exact) mass is 300 g/mol. The summed E-state index contributed by atoms with van der Waals surface area (Å²) in [6, 6.07) is 12.9. The van der Waals surface area contributed by atoms with Gasteiger partial charge in [-0.2, -0.15) is 0 Å². The predicted molar refractivity (Wildman–Crippen MR) is 91.6 cm³/mol. The summed E-state index contributed by atoms with van der Waals surface area (Å²) in [6.07, 6.45) is 1.97. The molecule has 0 spiro atoms. The molecule has 0 amide bonds. The first kappa shape index (κ1) is 16.1. The fourth-order valence-corrected chi connectivity index (χ4v) is 2.71. The predicted octanol–water partition coefficient (Wildman–Crippen LogP) is 4.57. The molecule has 1 N–H and O–H groups in total. The van der Waals surface area contributed by atoms with Gasteiger partial charge < -0.3 is 5.32 Å². The minimum atomic E-state index is 0.137. The fourth-order valence-electron chi connectivity index (χ4n) is 1.93. The van der Waals surface area contributed by atoms with Crippen molar-refractivity contribution in [3.63, 3.8) is 0 Å². The van der Waals surface area contributed by atoms with Gasteiger partial charge in [0.2, 0.25) is 0 Å². The van der Waals surface area contributed by atoms with E-state index in [9.17, 15) is 0 Å². The van der Waals surface area contributed by atoms with Gasteiger partial charge in [-0.3, -0.25) is 0 Å². The average molecular weight is 300 g/mol. The Morgan fingerprint density at radius 3 is 2.52 bits per heavy atom. The van der Waals surface area contributed by atoms with E-state index >= 15 is 0 Å². The molecule has 0 aliphatic carbocycles. The fraction of sp³-hybridized carbons (Fsp3) is 0.389. The molecule has 1 aromatic heterocycles. The molecule has 0 unspecified atom stereocenters. The Balaban J connectivity index is 1.87. The van der Waals surface area contributed by atoms with E-state index in [-0.39, 0.29) is 5.54 Å². The molecule has 2 nitrogen and oxygen atoms in total. The van der Waals surface area contributed by atoms with Crippen molar-refractivity contribution in [3.8, 4) is 0 Å². The zero-order chi connectivity index (χ0) is 15.3. The highest BCUT2D eigenvalue weighted by Crippen LogP contribution is 2.21. The minimum Gasteiger partial charge on any atom is -0.308 e. The molecule has 3 heteroatoms. The summed E-state index contributed by atoms with van der Waals surface area (Å²) in [5, 5.41) is 4.55. The van der Waals surface area contributed by atoms with Crippen molar-refractivity contribution in [2.24, 2.45) is 0 Å². The van der Waals surface area contributed by atoms with Crippen LogP contribution in [0.5, 0.6) is 0 Å². The number of rotatable bonds is 5. The van der Waals surface area contributed by atoms with Crippen molar-refractivity contribution < 1.29 is 0 Å². The lowest BCUT2D eigenvalue weighted by atomic mass is 10.1. The van der Waals surface area contributed by atoms with Gasteiger partial charge in [0.05, 0.1) is 5.03 Å². The molecule has 0 aliphatic rings. The lowest BCUT2D eigenvalue weighted by molar-refractivity contribution is 0.424. The van der Waals surface area contributed by atoms with E-state index in [4.69, 9.17) is 0 Å². The van der Waals surface area contributed by atoms with Gasteiger partial charge in [0.25, 0.3) is 0 Å². The highest BCUT2D eigenvalue weighted by molar-refractivity contribution is 7.98. The van der Waals surface area contributed by atoms with Gasteiger partial charge in [0.15, 0.2) is 0 Å². The Bertz CT molecular complexity index is 571. The number of pyridine rings is 1. The van der Waals surface area contributed by atoms with Crippen LogP contribution >= 0.6 is 11.8 Å². The second-order valence-corrected chi connectivity index (χ2v) is 7.38. The van der Waals surface area contributed by atoms with Crippen molar-refractivity contribution in [1.82, 2.24) is 10.3 Å². The van der Waals surface area contributed by atoms with E-state index in [1.807, 2.05) is 6.20 Å². The highest BCUT2D eigenvalue weighted by atomic mass is 32.2. The quantitative estimate of drug-likeness (QED) is 0.819. The zero-order valence-corrected chi connectivity index (χ0v) is 14.1. The SMILES string of the molecule is Cc1cccc(CSc2ccc(CNC(C)(C)C)cn2)c1. The molecule has 1 aromatic carbocycles. The number of nitrogens with one attached hydrogen (secondary N) is 1. The lowest BCUT2D eigenvalue weighted by Crippen LogP contribution is -2.35. The molecule has 0 radical (unpaired) electrons. The van der Waals surface area contributed by atoms with Crippen molar-refractivity contribution in [2.45, 2.75) is 50.6 Å². The van der Waals surface area contributed by atoms with Gasteiger partial charge in [-0.25, -0.2) is 4.98 Å². The number of hydrogen-bond donors (Lipinski definition) is 1. The molecule has 0 saturated heterocycles.